The molecule has 2 aromatic rings. The minimum Gasteiger partial charge on any atom is -0.340 e. The van der Waals surface area contributed by atoms with Gasteiger partial charge in [0.05, 0.1) is 18.3 Å². The first-order valence-electron chi connectivity index (χ1n) is 8.81. The number of rotatable bonds is 5. The van der Waals surface area contributed by atoms with E-state index in [4.69, 9.17) is 0 Å². The van der Waals surface area contributed by atoms with E-state index in [-0.39, 0.29) is 11.8 Å². The summed E-state index contributed by atoms with van der Waals surface area (Å²) in [5, 5.41) is 7.23. The summed E-state index contributed by atoms with van der Waals surface area (Å²) in [6.07, 6.45) is 4.47. The third kappa shape index (κ3) is 3.16. The summed E-state index contributed by atoms with van der Waals surface area (Å²) in [6.45, 7) is 3.26. The van der Waals surface area contributed by atoms with Crippen molar-refractivity contribution in [3.05, 3.63) is 53.3 Å². The zero-order valence-electron chi connectivity index (χ0n) is 14.3. The summed E-state index contributed by atoms with van der Waals surface area (Å²) in [5.74, 6) is -0.155. The van der Waals surface area contributed by atoms with Gasteiger partial charge in [-0.1, -0.05) is 30.3 Å². The van der Waals surface area contributed by atoms with Gasteiger partial charge in [0.15, 0.2) is 0 Å². The molecule has 2 fully saturated rings. The molecule has 2 aliphatic rings. The summed E-state index contributed by atoms with van der Waals surface area (Å²) >= 11 is 0. The Morgan fingerprint density at radius 3 is 2.72 bits per heavy atom. The fourth-order valence-corrected chi connectivity index (χ4v) is 3.41. The smallest absolute Gasteiger partial charge is 0.255 e. The lowest BCUT2D eigenvalue weighted by Crippen LogP contribution is -2.42. The van der Waals surface area contributed by atoms with Crippen molar-refractivity contribution in [2.75, 3.05) is 6.54 Å². The Morgan fingerprint density at radius 2 is 2.00 bits per heavy atom. The van der Waals surface area contributed by atoms with Gasteiger partial charge in [0.1, 0.15) is 6.04 Å². The molecular formula is C19H22N4O2. The molecule has 130 valence electrons. The maximum absolute atomic E-state index is 12.6. The van der Waals surface area contributed by atoms with Gasteiger partial charge in [0.2, 0.25) is 5.91 Å². The molecule has 0 radical (unpaired) electrons. The molecule has 1 aliphatic heterocycles. The van der Waals surface area contributed by atoms with Gasteiger partial charge in [-0.15, -0.1) is 0 Å². The molecule has 1 aliphatic carbocycles. The van der Waals surface area contributed by atoms with Crippen LogP contribution in [0.2, 0.25) is 0 Å². The van der Waals surface area contributed by atoms with Crippen molar-refractivity contribution in [2.45, 2.75) is 44.8 Å². The zero-order valence-corrected chi connectivity index (χ0v) is 14.3. The molecule has 4 rings (SSSR count). The Kier molecular flexibility index (Phi) is 4.03. The average molecular weight is 338 g/mol. The predicted molar refractivity (Wildman–Crippen MR) is 93.1 cm³/mol. The van der Waals surface area contributed by atoms with Crippen LogP contribution in [-0.4, -0.2) is 45.1 Å². The van der Waals surface area contributed by atoms with Crippen molar-refractivity contribution in [1.82, 2.24) is 20.0 Å². The van der Waals surface area contributed by atoms with Crippen LogP contribution < -0.4 is 5.32 Å². The highest BCUT2D eigenvalue weighted by atomic mass is 16.2. The summed E-state index contributed by atoms with van der Waals surface area (Å²) in [7, 11) is 0. The van der Waals surface area contributed by atoms with Gasteiger partial charge in [-0.05, 0) is 31.7 Å². The number of amides is 2. The van der Waals surface area contributed by atoms with Crippen molar-refractivity contribution >= 4 is 11.8 Å². The van der Waals surface area contributed by atoms with E-state index in [2.05, 4.69) is 10.4 Å². The summed E-state index contributed by atoms with van der Waals surface area (Å²) in [5.41, 5.74) is 2.48. The van der Waals surface area contributed by atoms with Crippen LogP contribution in [0.4, 0.5) is 0 Å². The maximum atomic E-state index is 12.6. The summed E-state index contributed by atoms with van der Waals surface area (Å²) < 4.78 is 1.82. The molecule has 1 aromatic heterocycles. The molecule has 25 heavy (non-hydrogen) atoms. The molecule has 1 saturated carbocycles. The Morgan fingerprint density at radius 1 is 1.24 bits per heavy atom. The predicted octanol–water partition coefficient (Wildman–Crippen LogP) is 1.73. The Hall–Kier alpha value is -2.63. The van der Waals surface area contributed by atoms with E-state index in [0.717, 1.165) is 30.6 Å². The Bertz CT molecular complexity index is 795. The monoisotopic (exact) mass is 338 g/mol. The minimum atomic E-state index is -0.398. The molecule has 0 bridgehead atoms. The molecule has 2 heterocycles. The second-order valence-corrected chi connectivity index (χ2v) is 6.86. The Balaban J connectivity index is 1.43. The lowest BCUT2D eigenvalue weighted by molar-refractivity contribution is -0.129. The van der Waals surface area contributed by atoms with E-state index in [0.29, 0.717) is 24.6 Å². The van der Waals surface area contributed by atoms with Gasteiger partial charge >= 0.3 is 0 Å². The molecule has 1 saturated heterocycles. The fraction of sp³-hybridized carbons (Fsp3) is 0.421. The molecule has 6 heteroatoms. The van der Waals surface area contributed by atoms with Crippen molar-refractivity contribution in [3.63, 3.8) is 0 Å². The highest BCUT2D eigenvalue weighted by molar-refractivity contribution is 5.98. The number of nitrogens with zero attached hydrogens (tertiary/aromatic N) is 3. The number of nitrogens with one attached hydrogen (secondary N) is 1. The van der Waals surface area contributed by atoms with Gasteiger partial charge in [-0.3, -0.25) is 14.3 Å². The van der Waals surface area contributed by atoms with Crippen LogP contribution in [0.15, 0.2) is 36.5 Å². The average Bonchev–Trinajstić information content (AvgIpc) is 3.31. The Labute approximate surface area is 146 Å². The van der Waals surface area contributed by atoms with Crippen LogP contribution in [0.5, 0.6) is 0 Å². The molecule has 0 spiro atoms. The number of carbonyl (C=O) groups excluding carboxylic acids is 2. The number of carbonyl (C=O) groups is 2. The van der Waals surface area contributed by atoms with Gasteiger partial charge in [-0.25, -0.2) is 0 Å². The van der Waals surface area contributed by atoms with Gasteiger partial charge < -0.3 is 10.2 Å². The van der Waals surface area contributed by atoms with Crippen molar-refractivity contribution in [3.8, 4) is 0 Å². The molecule has 1 N–H and O–H groups in total. The lowest BCUT2D eigenvalue weighted by atomic mass is 10.2. The largest absolute Gasteiger partial charge is 0.340 e. The van der Waals surface area contributed by atoms with Gasteiger partial charge in [0, 0.05) is 18.3 Å². The summed E-state index contributed by atoms with van der Waals surface area (Å²) in [4.78, 5) is 26.9. The number of likely N-dealkylation sites (tertiary alicyclic amines) is 1. The van der Waals surface area contributed by atoms with E-state index >= 15 is 0 Å². The molecule has 1 atom stereocenters. The van der Waals surface area contributed by atoms with Crippen LogP contribution in [0.25, 0.3) is 0 Å². The lowest BCUT2D eigenvalue weighted by Gasteiger charge is -2.16. The molecule has 1 unspecified atom stereocenters. The highest BCUT2D eigenvalue weighted by Gasteiger charge is 2.41. The van der Waals surface area contributed by atoms with E-state index in [1.165, 1.54) is 0 Å². The molecular weight excluding hydrogens is 316 g/mol. The molecule has 1 aromatic carbocycles. The van der Waals surface area contributed by atoms with Crippen molar-refractivity contribution < 1.29 is 9.59 Å². The van der Waals surface area contributed by atoms with Gasteiger partial charge in [-0.2, -0.15) is 5.10 Å². The molecule has 6 nitrogen and oxygen atoms in total. The van der Waals surface area contributed by atoms with Crippen LogP contribution in [-0.2, 0) is 11.3 Å². The normalized spacial score (nSPS) is 20.1. The van der Waals surface area contributed by atoms with Crippen LogP contribution in [0.3, 0.4) is 0 Å². The quantitative estimate of drug-likeness (QED) is 0.903. The van der Waals surface area contributed by atoms with Crippen LogP contribution >= 0.6 is 0 Å². The number of benzene rings is 1. The van der Waals surface area contributed by atoms with Crippen molar-refractivity contribution in [1.29, 1.82) is 0 Å². The van der Waals surface area contributed by atoms with E-state index in [1.54, 1.807) is 6.20 Å². The second kappa shape index (κ2) is 6.35. The van der Waals surface area contributed by atoms with Crippen molar-refractivity contribution in [2.24, 2.45) is 0 Å². The first kappa shape index (κ1) is 15.9. The third-order valence-corrected chi connectivity index (χ3v) is 5.06. The van der Waals surface area contributed by atoms with E-state index in [9.17, 15) is 9.59 Å². The topological polar surface area (TPSA) is 67.2 Å². The van der Waals surface area contributed by atoms with Gasteiger partial charge in [0.25, 0.3) is 5.91 Å². The minimum absolute atomic E-state index is 0.0604. The first-order chi connectivity index (χ1) is 12.1. The van der Waals surface area contributed by atoms with E-state index in [1.807, 2.05) is 46.8 Å². The highest BCUT2D eigenvalue weighted by Crippen LogP contribution is 2.30. The number of hydrogen-bond donors (Lipinski definition) is 1. The second-order valence-electron chi connectivity index (χ2n) is 6.86. The maximum Gasteiger partial charge on any atom is 0.255 e. The van der Waals surface area contributed by atoms with E-state index < -0.39 is 6.04 Å². The number of hydrogen-bond acceptors (Lipinski definition) is 3. The standard InChI is InChI=1S/C19H22N4O2/c1-13-16(11-20-23(13)12-14-5-3-2-4-6-14)18(24)21-17-9-10-22(19(17)25)15-7-8-15/h2-6,11,15,17H,7-10,12H2,1H3,(H,21,24). The fourth-order valence-electron chi connectivity index (χ4n) is 3.41. The number of aromatic nitrogens is 2. The van der Waals surface area contributed by atoms with Crippen LogP contribution in [0.1, 0.15) is 40.9 Å². The molecule has 2 amide bonds. The summed E-state index contributed by atoms with van der Waals surface area (Å²) in [6, 6.07) is 10.0. The zero-order chi connectivity index (χ0) is 17.4. The SMILES string of the molecule is Cc1c(C(=O)NC2CCN(C3CC3)C2=O)cnn1Cc1ccccc1. The van der Waals surface area contributed by atoms with Crippen LogP contribution in [0, 0.1) is 6.92 Å². The first-order valence-corrected chi connectivity index (χ1v) is 8.81. The third-order valence-electron chi connectivity index (χ3n) is 5.06.